The molecule has 2 nitrogen and oxygen atoms in total. The summed E-state index contributed by atoms with van der Waals surface area (Å²) in [6.45, 7) is 4.45. The summed E-state index contributed by atoms with van der Waals surface area (Å²) in [5.74, 6) is 0. The van der Waals surface area contributed by atoms with E-state index in [1.54, 1.807) is 0 Å². The molecule has 1 aliphatic rings. The second-order valence-electron chi connectivity index (χ2n) is 6.41. The minimum Gasteiger partial charge on any atom is -0.256 e. The van der Waals surface area contributed by atoms with Gasteiger partial charge in [0, 0.05) is 22.7 Å². The summed E-state index contributed by atoms with van der Waals surface area (Å²) >= 11 is 0. The number of pyridine rings is 1. The van der Waals surface area contributed by atoms with Crippen molar-refractivity contribution in [2.24, 2.45) is 0 Å². The van der Waals surface area contributed by atoms with Gasteiger partial charge in [-0.25, -0.2) is 0 Å². The van der Waals surface area contributed by atoms with E-state index in [0.29, 0.717) is 0 Å². The molecule has 0 aliphatic heterocycles. The van der Waals surface area contributed by atoms with E-state index in [9.17, 15) is 5.26 Å². The minimum atomic E-state index is -0.147. The Labute approximate surface area is 136 Å². The molecular formula is C21H16N2. The summed E-state index contributed by atoms with van der Waals surface area (Å²) in [4.78, 5) is 4.53. The fraction of sp³-hybridized carbons (Fsp3) is 0.143. The van der Waals surface area contributed by atoms with Crippen LogP contribution in [0.5, 0.6) is 0 Å². The van der Waals surface area contributed by atoms with Crippen LogP contribution in [0.1, 0.15) is 30.5 Å². The van der Waals surface area contributed by atoms with E-state index in [-0.39, 0.29) is 5.41 Å². The van der Waals surface area contributed by atoms with Gasteiger partial charge in [0.1, 0.15) is 0 Å². The van der Waals surface area contributed by atoms with E-state index in [4.69, 9.17) is 0 Å². The lowest BCUT2D eigenvalue weighted by atomic mass is 9.79. The van der Waals surface area contributed by atoms with Crippen molar-refractivity contribution >= 4 is 0 Å². The predicted molar refractivity (Wildman–Crippen MR) is 92.0 cm³/mol. The monoisotopic (exact) mass is 296 g/mol. The maximum atomic E-state index is 9.59. The van der Waals surface area contributed by atoms with E-state index in [2.05, 4.69) is 43.1 Å². The van der Waals surface area contributed by atoms with Crippen molar-refractivity contribution in [2.75, 3.05) is 0 Å². The van der Waals surface area contributed by atoms with Gasteiger partial charge in [0.15, 0.2) is 0 Å². The molecule has 0 atom stereocenters. The normalized spacial score (nSPS) is 14.0. The molecule has 0 spiro atoms. The molecule has 0 N–H and O–H groups in total. The first kappa shape index (κ1) is 13.7. The number of nitrogens with zero attached hydrogens (tertiary/aromatic N) is 2. The standard InChI is InChI=1S/C21H16N2/c1-21(2)17-8-4-3-7-15(17)19-14(13-22)10-11-16(20(19)21)18-9-5-6-12-23-18/h3-12H,1-2H3. The van der Waals surface area contributed by atoms with Crippen molar-refractivity contribution < 1.29 is 0 Å². The van der Waals surface area contributed by atoms with E-state index in [0.717, 1.165) is 22.4 Å². The first-order valence-electron chi connectivity index (χ1n) is 7.73. The molecule has 110 valence electrons. The van der Waals surface area contributed by atoms with Crippen molar-refractivity contribution in [1.82, 2.24) is 4.98 Å². The zero-order chi connectivity index (χ0) is 16.0. The Morgan fingerprint density at radius 2 is 1.70 bits per heavy atom. The Hall–Kier alpha value is -2.92. The quantitative estimate of drug-likeness (QED) is 0.638. The molecular weight excluding hydrogens is 280 g/mol. The Morgan fingerprint density at radius 3 is 2.43 bits per heavy atom. The highest BCUT2D eigenvalue weighted by molar-refractivity contribution is 5.90. The van der Waals surface area contributed by atoms with Gasteiger partial charge in [0.25, 0.3) is 0 Å². The lowest BCUT2D eigenvalue weighted by Crippen LogP contribution is -2.16. The van der Waals surface area contributed by atoms with Crippen LogP contribution in [0, 0.1) is 11.3 Å². The summed E-state index contributed by atoms with van der Waals surface area (Å²) in [7, 11) is 0. The lowest BCUT2D eigenvalue weighted by Gasteiger charge is -2.24. The third-order valence-corrected chi connectivity index (χ3v) is 4.76. The minimum absolute atomic E-state index is 0.147. The smallest absolute Gasteiger partial charge is 0.0998 e. The fourth-order valence-electron chi connectivity index (χ4n) is 3.74. The second-order valence-corrected chi connectivity index (χ2v) is 6.41. The zero-order valence-corrected chi connectivity index (χ0v) is 13.2. The third kappa shape index (κ3) is 1.83. The molecule has 0 saturated heterocycles. The van der Waals surface area contributed by atoms with Gasteiger partial charge in [0.2, 0.25) is 0 Å². The summed E-state index contributed by atoms with van der Waals surface area (Å²) < 4.78 is 0. The number of hydrogen-bond acceptors (Lipinski definition) is 2. The average molecular weight is 296 g/mol. The van der Waals surface area contributed by atoms with Crippen LogP contribution in [-0.2, 0) is 5.41 Å². The molecule has 1 aromatic heterocycles. The van der Waals surface area contributed by atoms with Gasteiger partial charge in [0.05, 0.1) is 17.3 Å². The Bertz CT molecular complexity index is 947. The highest BCUT2D eigenvalue weighted by atomic mass is 14.7. The topological polar surface area (TPSA) is 36.7 Å². The number of rotatable bonds is 1. The van der Waals surface area contributed by atoms with Crippen LogP contribution in [0.25, 0.3) is 22.4 Å². The molecule has 0 unspecified atom stereocenters. The molecule has 2 heteroatoms. The van der Waals surface area contributed by atoms with Gasteiger partial charge >= 0.3 is 0 Å². The van der Waals surface area contributed by atoms with Crippen molar-refractivity contribution in [1.29, 1.82) is 5.26 Å². The van der Waals surface area contributed by atoms with Gasteiger partial charge < -0.3 is 0 Å². The summed E-state index contributed by atoms with van der Waals surface area (Å²) in [6, 6.07) is 20.7. The molecule has 1 heterocycles. The molecule has 2 aromatic carbocycles. The summed E-state index contributed by atoms with van der Waals surface area (Å²) in [5.41, 5.74) is 7.36. The van der Waals surface area contributed by atoms with Crippen molar-refractivity contribution in [3.05, 3.63) is 77.5 Å². The third-order valence-electron chi connectivity index (χ3n) is 4.76. The van der Waals surface area contributed by atoms with Crippen molar-refractivity contribution in [3.63, 3.8) is 0 Å². The molecule has 1 aliphatic carbocycles. The number of nitriles is 1. The highest BCUT2D eigenvalue weighted by Gasteiger charge is 2.39. The van der Waals surface area contributed by atoms with Crippen LogP contribution in [0.2, 0.25) is 0 Å². The fourth-order valence-corrected chi connectivity index (χ4v) is 3.74. The van der Waals surface area contributed by atoms with Crippen LogP contribution in [0.4, 0.5) is 0 Å². The van der Waals surface area contributed by atoms with Gasteiger partial charge in [-0.05, 0) is 34.9 Å². The van der Waals surface area contributed by atoms with Crippen molar-refractivity contribution in [3.8, 4) is 28.5 Å². The summed E-state index contributed by atoms with van der Waals surface area (Å²) in [6.07, 6.45) is 1.81. The van der Waals surface area contributed by atoms with E-state index >= 15 is 0 Å². The van der Waals surface area contributed by atoms with E-state index in [1.165, 1.54) is 16.7 Å². The van der Waals surface area contributed by atoms with Gasteiger partial charge in [-0.2, -0.15) is 5.26 Å². The van der Waals surface area contributed by atoms with Crippen LogP contribution in [0.15, 0.2) is 60.8 Å². The molecule has 0 amide bonds. The van der Waals surface area contributed by atoms with Gasteiger partial charge in [-0.15, -0.1) is 0 Å². The Balaban J connectivity index is 2.13. The molecule has 23 heavy (non-hydrogen) atoms. The maximum absolute atomic E-state index is 9.59. The van der Waals surface area contributed by atoms with E-state index in [1.807, 2.05) is 42.6 Å². The Kier molecular flexibility index (Phi) is 2.86. The van der Waals surface area contributed by atoms with E-state index < -0.39 is 0 Å². The molecule has 3 aromatic rings. The summed E-state index contributed by atoms with van der Waals surface area (Å²) in [5, 5.41) is 9.59. The number of hydrogen-bond donors (Lipinski definition) is 0. The first-order valence-corrected chi connectivity index (χ1v) is 7.73. The molecule has 0 saturated carbocycles. The number of benzene rings is 2. The molecule has 4 rings (SSSR count). The Morgan fingerprint density at radius 1 is 0.913 bits per heavy atom. The maximum Gasteiger partial charge on any atom is 0.0998 e. The molecule has 0 radical (unpaired) electrons. The molecule has 0 bridgehead atoms. The first-order chi connectivity index (χ1) is 11.1. The zero-order valence-electron chi connectivity index (χ0n) is 13.2. The SMILES string of the molecule is CC1(C)c2ccccc2-c2c(C#N)ccc(-c3ccccn3)c21. The average Bonchev–Trinajstić information content (AvgIpc) is 2.84. The number of fused-ring (bicyclic) bond motifs is 3. The van der Waals surface area contributed by atoms with Gasteiger partial charge in [-0.3, -0.25) is 4.98 Å². The molecule has 0 fully saturated rings. The van der Waals surface area contributed by atoms with Crippen LogP contribution in [-0.4, -0.2) is 4.98 Å². The lowest BCUT2D eigenvalue weighted by molar-refractivity contribution is 0.661. The largest absolute Gasteiger partial charge is 0.256 e. The van der Waals surface area contributed by atoms with Crippen LogP contribution >= 0.6 is 0 Å². The second kappa shape index (κ2) is 4.79. The predicted octanol–water partition coefficient (Wildman–Crippen LogP) is 4.93. The highest BCUT2D eigenvalue weighted by Crippen LogP contribution is 2.52. The van der Waals surface area contributed by atoms with Crippen LogP contribution < -0.4 is 0 Å². The van der Waals surface area contributed by atoms with Crippen LogP contribution in [0.3, 0.4) is 0 Å². The number of aromatic nitrogens is 1. The van der Waals surface area contributed by atoms with Crippen molar-refractivity contribution in [2.45, 2.75) is 19.3 Å². The van der Waals surface area contributed by atoms with Gasteiger partial charge in [-0.1, -0.05) is 50.2 Å².